The Morgan fingerprint density at radius 2 is 1.89 bits per heavy atom. The van der Waals surface area contributed by atoms with Crippen LogP contribution in [0.3, 0.4) is 0 Å². The van der Waals surface area contributed by atoms with Gasteiger partial charge in [0.1, 0.15) is 12.4 Å². The average molecular weight is 434 g/mol. The molecule has 1 amide bonds. The molecule has 0 aliphatic carbocycles. The normalized spacial score (nSPS) is 10.4. The fourth-order valence-electron chi connectivity index (χ4n) is 2.48. The molecule has 0 aliphatic rings. The highest BCUT2D eigenvalue weighted by Crippen LogP contribution is 2.18. The van der Waals surface area contributed by atoms with Crippen LogP contribution < -0.4 is 10.2 Å². The lowest BCUT2D eigenvalue weighted by Gasteiger charge is -2.09. The molecule has 0 radical (unpaired) electrons. The number of hydrogen-bond donors (Lipinski definition) is 1. The summed E-state index contributed by atoms with van der Waals surface area (Å²) in [4.78, 5) is 12.2. The smallest absolute Gasteiger partial charge is 0.272 e. The van der Waals surface area contributed by atoms with E-state index in [1.807, 2.05) is 42.5 Å². The molecule has 0 saturated heterocycles. The summed E-state index contributed by atoms with van der Waals surface area (Å²) in [5, 5.41) is 13.0. The molecular weight excluding hydrogens is 418 g/mol. The van der Waals surface area contributed by atoms with Crippen LogP contribution in [0.4, 0.5) is 0 Å². The molecule has 0 atom stereocenters. The zero-order chi connectivity index (χ0) is 19.8. The number of hydrogen-bond acceptors (Lipinski definition) is 4. The van der Waals surface area contributed by atoms with Crippen LogP contribution in [0.2, 0.25) is 0 Å². The van der Waals surface area contributed by atoms with Gasteiger partial charge in [-0.25, -0.2) is 5.43 Å². The molecule has 0 unspecified atom stereocenters. The Balaban J connectivity index is 1.66. The Labute approximate surface area is 171 Å². The van der Waals surface area contributed by atoms with Crippen molar-refractivity contribution in [2.75, 3.05) is 0 Å². The van der Waals surface area contributed by atoms with Crippen molar-refractivity contribution in [1.82, 2.24) is 5.43 Å². The van der Waals surface area contributed by atoms with Gasteiger partial charge in [-0.1, -0.05) is 36.4 Å². The number of hydrazone groups is 1. The van der Waals surface area contributed by atoms with Crippen LogP contribution >= 0.6 is 15.9 Å². The van der Waals surface area contributed by atoms with Crippen LogP contribution in [-0.2, 0) is 6.61 Å². The van der Waals surface area contributed by atoms with E-state index < -0.39 is 0 Å². The van der Waals surface area contributed by atoms with Crippen molar-refractivity contribution < 1.29 is 9.53 Å². The first-order valence-corrected chi connectivity index (χ1v) is 9.25. The number of carbonyl (C=O) groups is 1. The highest BCUT2D eigenvalue weighted by atomic mass is 79.9. The number of nitriles is 1. The van der Waals surface area contributed by atoms with Crippen molar-refractivity contribution in [3.8, 4) is 11.8 Å². The zero-order valence-corrected chi connectivity index (χ0v) is 16.4. The fraction of sp³-hybridized carbons (Fsp3) is 0.0455. The number of halogens is 1. The lowest BCUT2D eigenvalue weighted by Crippen LogP contribution is -2.18. The maximum atomic E-state index is 12.2. The summed E-state index contributed by atoms with van der Waals surface area (Å²) in [7, 11) is 0. The van der Waals surface area contributed by atoms with E-state index in [9.17, 15) is 4.79 Å². The zero-order valence-electron chi connectivity index (χ0n) is 14.8. The Hall–Kier alpha value is -3.43. The molecule has 3 aromatic carbocycles. The molecule has 5 nitrogen and oxygen atoms in total. The number of para-hydroxylation sites is 1. The predicted molar refractivity (Wildman–Crippen MR) is 111 cm³/mol. The van der Waals surface area contributed by atoms with Gasteiger partial charge >= 0.3 is 0 Å². The SMILES string of the molecule is N#Cc1cccc(COc2ccccc2/C=N/NC(=O)c2ccccc2Br)c1. The Morgan fingerprint density at radius 1 is 1.11 bits per heavy atom. The number of nitrogens with zero attached hydrogens (tertiary/aromatic N) is 2. The quantitative estimate of drug-likeness (QED) is 0.453. The van der Waals surface area contributed by atoms with Gasteiger partial charge in [0, 0.05) is 10.0 Å². The summed E-state index contributed by atoms with van der Waals surface area (Å²) in [5.41, 5.74) is 5.23. The fourth-order valence-corrected chi connectivity index (χ4v) is 2.94. The Kier molecular flexibility index (Phi) is 6.55. The average Bonchev–Trinajstić information content (AvgIpc) is 2.73. The minimum Gasteiger partial charge on any atom is -0.488 e. The van der Waals surface area contributed by atoms with Crippen LogP contribution in [0.15, 0.2) is 82.4 Å². The molecule has 6 heteroatoms. The van der Waals surface area contributed by atoms with Crippen molar-refractivity contribution in [3.05, 3.63) is 99.5 Å². The van der Waals surface area contributed by atoms with E-state index in [0.717, 1.165) is 11.1 Å². The van der Waals surface area contributed by atoms with E-state index in [-0.39, 0.29) is 5.91 Å². The van der Waals surface area contributed by atoms with Gasteiger partial charge in [0.15, 0.2) is 0 Å². The van der Waals surface area contributed by atoms with Crippen molar-refractivity contribution in [2.45, 2.75) is 6.61 Å². The lowest BCUT2D eigenvalue weighted by atomic mass is 10.1. The van der Waals surface area contributed by atoms with E-state index in [4.69, 9.17) is 10.00 Å². The standard InChI is InChI=1S/C22H16BrN3O2/c23-20-10-3-2-9-19(20)22(27)26-25-14-18-8-1-4-11-21(18)28-15-17-7-5-6-16(12-17)13-24/h1-12,14H,15H2,(H,26,27)/b25-14+. The van der Waals surface area contributed by atoms with Crippen LogP contribution in [0, 0.1) is 11.3 Å². The van der Waals surface area contributed by atoms with Gasteiger partial charge in [0.05, 0.1) is 23.4 Å². The molecule has 1 N–H and O–H groups in total. The minimum absolute atomic E-state index is 0.310. The topological polar surface area (TPSA) is 74.5 Å². The van der Waals surface area contributed by atoms with Gasteiger partial charge in [-0.3, -0.25) is 4.79 Å². The van der Waals surface area contributed by atoms with E-state index in [2.05, 4.69) is 32.5 Å². The third kappa shape index (κ3) is 5.06. The Morgan fingerprint density at radius 3 is 2.71 bits per heavy atom. The van der Waals surface area contributed by atoms with E-state index in [1.54, 1.807) is 30.3 Å². The van der Waals surface area contributed by atoms with Crippen LogP contribution in [0.25, 0.3) is 0 Å². The third-order valence-electron chi connectivity index (χ3n) is 3.86. The third-order valence-corrected chi connectivity index (χ3v) is 4.55. The molecule has 0 aliphatic heterocycles. The lowest BCUT2D eigenvalue weighted by molar-refractivity contribution is 0.0954. The number of rotatable bonds is 6. The van der Waals surface area contributed by atoms with E-state index >= 15 is 0 Å². The second-order valence-corrected chi connectivity index (χ2v) is 6.67. The first-order valence-electron chi connectivity index (χ1n) is 8.46. The van der Waals surface area contributed by atoms with Crippen molar-refractivity contribution in [3.63, 3.8) is 0 Å². The van der Waals surface area contributed by atoms with E-state index in [0.29, 0.717) is 28.0 Å². The van der Waals surface area contributed by atoms with Crippen molar-refractivity contribution in [1.29, 1.82) is 5.26 Å². The summed E-state index contributed by atoms with van der Waals surface area (Å²) in [6.45, 7) is 0.323. The molecule has 0 aromatic heterocycles. The van der Waals surface area contributed by atoms with Crippen molar-refractivity contribution in [2.24, 2.45) is 5.10 Å². The van der Waals surface area contributed by atoms with Crippen LogP contribution in [-0.4, -0.2) is 12.1 Å². The molecule has 0 spiro atoms. The molecular formula is C22H16BrN3O2. The first-order chi connectivity index (χ1) is 13.7. The number of benzene rings is 3. The predicted octanol–water partition coefficient (Wildman–Crippen LogP) is 4.66. The first kappa shape index (κ1) is 19.3. The van der Waals surface area contributed by atoms with Crippen LogP contribution in [0.5, 0.6) is 5.75 Å². The second-order valence-electron chi connectivity index (χ2n) is 5.82. The highest BCUT2D eigenvalue weighted by Gasteiger charge is 2.08. The molecule has 0 saturated carbocycles. The molecule has 138 valence electrons. The number of amides is 1. The molecule has 0 heterocycles. The maximum absolute atomic E-state index is 12.2. The number of ether oxygens (including phenoxy) is 1. The summed E-state index contributed by atoms with van der Waals surface area (Å²) in [5.74, 6) is 0.319. The summed E-state index contributed by atoms with van der Waals surface area (Å²) >= 11 is 3.35. The highest BCUT2D eigenvalue weighted by molar-refractivity contribution is 9.10. The Bertz CT molecular complexity index is 1060. The van der Waals surface area contributed by atoms with Gasteiger partial charge < -0.3 is 4.74 Å². The van der Waals surface area contributed by atoms with Gasteiger partial charge in [-0.15, -0.1) is 0 Å². The largest absolute Gasteiger partial charge is 0.488 e. The molecule has 0 bridgehead atoms. The maximum Gasteiger partial charge on any atom is 0.272 e. The van der Waals surface area contributed by atoms with Gasteiger partial charge in [0.2, 0.25) is 0 Å². The van der Waals surface area contributed by atoms with Gasteiger partial charge in [-0.05, 0) is 57.9 Å². The molecule has 28 heavy (non-hydrogen) atoms. The number of carbonyl (C=O) groups excluding carboxylic acids is 1. The minimum atomic E-state index is -0.310. The van der Waals surface area contributed by atoms with Gasteiger partial charge in [-0.2, -0.15) is 10.4 Å². The second kappa shape index (κ2) is 9.49. The summed E-state index contributed by atoms with van der Waals surface area (Å²) in [6, 6.07) is 23.9. The number of nitrogens with one attached hydrogen (secondary N) is 1. The summed E-state index contributed by atoms with van der Waals surface area (Å²) in [6.07, 6.45) is 1.54. The van der Waals surface area contributed by atoms with Gasteiger partial charge in [0.25, 0.3) is 5.91 Å². The van der Waals surface area contributed by atoms with Crippen molar-refractivity contribution >= 4 is 28.1 Å². The monoisotopic (exact) mass is 433 g/mol. The van der Waals surface area contributed by atoms with E-state index in [1.165, 1.54) is 6.21 Å². The summed E-state index contributed by atoms with van der Waals surface area (Å²) < 4.78 is 6.56. The van der Waals surface area contributed by atoms with Crippen LogP contribution in [0.1, 0.15) is 27.0 Å². The molecule has 3 rings (SSSR count). The molecule has 3 aromatic rings. The molecule has 0 fully saturated rings.